The molecule has 0 fully saturated rings. The maximum absolute atomic E-state index is 10.4. The van der Waals surface area contributed by atoms with Crippen molar-refractivity contribution >= 4 is 17.6 Å². The number of halogens is 1. The Bertz CT molecular complexity index is 336. The van der Waals surface area contributed by atoms with Gasteiger partial charge in [-0.15, -0.1) is 11.6 Å². The average Bonchev–Trinajstić information content (AvgIpc) is 2.25. The fraction of sp³-hybridized carbons (Fsp3) is 0.417. The van der Waals surface area contributed by atoms with Gasteiger partial charge in [-0.3, -0.25) is 4.79 Å². The van der Waals surface area contributed by atoms with Crippen molar-refractivity contribution < 1.29 is 9.90 Å². The monoisotopic (exact) mass is 226 g/mol. The first-order chi connectivity index (χ1) is 7.15. The van der Waals surface area contributed by atoms with Gasteiger partial charge in [-0.25, -0.2) is 0 Å². The highest BCUT2D eigenvalue weighted by Crippen LogP contribution is 2.28. The topological polar surface area (TPSA) is 37.3 Å². The fourth-order valence-corrected chi connectivity index (χ4v) is 1.89. The number of hydrogen-bond donors (Lipinski definition) is 1. The Labute approximate surface area is 94.9 Å². The molecule has 0 aromatic heterocycles. The Morgan fingerprint density at radius 3 is 2.73 bits per heavy atom. The minimum Gasteiger partial charge on any atom is -0.481 e. The number of aliphatic carboxylic acids is 1. The molecule has 1 unspecified atom stereocenters. The van der Waals surface area contributed by atoms with E-state index in [2.05, 4.69) is 6.92 Å². The predicted molar refractivity (Wildman–Crippen MR) is 61.3 cm³/mol. The summed E-state index contributed by atoms with van der Waals surface area (Å²) < 4.78 is 0. The third kappa shape index (κ3) is 3.56. The van der Waals surface area contributed by atoms with E-state index in [9.17, 15) is 4.79 Å². The molecule has 0 saturated carbocycles. The summed E-state index contributed by atoms with van der Waals surface area (Å²) in [5, 5.41) is 8.38. The molecule has 1 atom stereocenters. The van der Waals surface area contributed by atoms with Gasteiger partial charge in [0.05, 0.1) is 5.38 Å². The van der Waals surface area contributed by atoms with Gasteiger partial charge in [0, 0.05) is 6.42 Å². The number of alkyl halides is 1. The predicted octanol–water partition coefficient (Wildman–Crippen LogP) is 3.39. The van der Waals surface area contributed by atoms with E-state index in [4.69, 9.17) is 16.7 Å². The fourth-order valence-electron chi connectivity index (χ4n) is 1.57. The summed E-state index contributed by atoms with van der Waals surface area (Å²) in [5.41, 5.74) is 2.26. The molecule has 1 N–H and O–H groups in total. The molecule has 0 aliphatic carbocycles. The second-order valence-corrected chi connectivity index (χ2v) is 3.98. The van der Waals surface area contributed by atoms with Crippen LogP contribution in [0.15, 0.2) is 24.3 Å². The molecule has 0 aliphatic heterocycles. The third-order valence-electron chi connectivity index (χ3n) is 2.39. The van der Waals surface area contributed by atoms with Crippen LogP contribution in [0.2, 0.25) is 0 Å². The zero-order valence-electron chi connectivity index (χ0n) is 8.74. The van der Waals surface area contributed by atoms with Gasteiger partial charge in [-0.05, 0) is 24.0 Å². The van der Waals surface area contributed by atoms with Crippen molar-refractivity contribution in [2.24, 2.45) is 0 Å². The number of rotatable bonds is 5. The maximum atomic E-state index is 10.4. The summed E-state index contributed by atoms with van der Waals surface area (Å²) in [6, 6.07) is 7.91. The largest absolute Gasteiger partial charge is 0.481 e. The summed E-state index contributed by atoms with van der Waals surface area (Å²) in [7, 11) is 0. The van der Waals surface area contributed by atoms with Crippen LogP contribution >= 0.6 is 11.6 Å². The second kappa shape index (κ2) is 5.76. The van der Waals surface area contributed by atoms with Crippen LogP contribution in [0.1, 0.15) is 36.3 Å². The zero-order valence-corrected chi connectivity index (χ0v) is 9.50. The quantitative estimate of drug-likeness (QED) is 0.782. The van der Waals surface area contributed by atoms with Gasteiger partial charge in [0.2, 0.25) is 0 Å². The lowest BCUT2D eigenvalue weighted by Crippen LogP contribution is -2.00. The van der Waals surface area contributed by atoms with Crippen LogP contribution in [0, 0.1) is 0 Å². The van der Waals surface area contributed by atoms with E-state index in [1.165, 1.54) is 5.56 Å². The normalized spacial score (nSPS) is 12.4. The van der Waals surface area contributed by atoms with Crippen molar-refractivity contribution in [3.63, 3.8) is 0 Å². The molecular formula is C12H15ClO2. The van der Waals surface area contributed by atoms with Gasteiger partial charge < -0.3 is 5.11 Å². The molecule has 1 aromatic rings. The highest BCUT2D eigenvalue weighted by atomic mass is 35.5. The summed E-state index contributed by atoms with van der Waals surface area (Å²) in [4.78, 5) is 10.4. The Morgan fingerprint density at radius 1 is 1.47 bits per heavy atom. The lowest BCUT2D eigenvalue weighted by Gasteiger charge is -2.12. The minimum atomic E-state index is -0.797. The molecule has 2 nitrogen and oxygen atoms in total. The van der Waals surface area contributed by atoms with Crippen molar-refractivity contribution in [1.29, 1.82) is 0 Å². The number of benzene rings is 1. The number of hydrogen-bond acceptors (Lipinski definition) is 1. The summed E-state index contributed by atoms with van der Waals surface area (Å²) in [6.45, 7) is 2.07. The smallest absolute Gasteiger partial charge is 0.303 e. The van der Waals surface area contributed by atoms with Crippen LogP contribution in [-0.2, 0) is 11.2 Å². The highest BCUT2D eigenvalue weighted by Gasteiger charge is 2.12. The second-order valence-electron chi connectivity index (χ2n) is 3.45. The van der Waals surface area contributed by atoms with Crippen molar-refractivity contribution in [2.75, 3.05) is 0 Å². The van der Waals surface area contributed by atoms with Gasteiger partial charge >= 0.3 is 5.97 Å². The first-order valence-corrected chi connectivity index (χ1v) is 5.52. The zero-order chi connectivity index (χ0) is 11.3. The molecular weight excluding hydrogens is 212 g/mol. The molecule has 0 radical (unpaired) electrons. The van der Waals surface area contributed by atoms with Gasteiger partial charge in [0.1, 0.15) is 0 Å². The van der Waals surface area contributed by atoms with Gasteiger partial charge in [0.15, 0.2) is 0 Å². The SMILES string of the molecule is CCc1ccccc1C(Cl)CCC(=O)O. The Kier molecular flexibility index (Phi) is 4.63. The molecule has 0 amide bonds. The Balaban J connectivity index is 2.72. The molecule has 1 aromatic carbocycles. The van der Waals surface area contributed by atoms with Crippen LogP contribution < -0.4 is 0 Å². The standard InChI is InChI=1S/C12H15ClO2/c1-2-9-5-3-4-6-10(9)11(13)7-8-12(14)15/h3-6,11H,2,7-8H2,1H3,(H,14,15). The van der Waals surface area contributed by atoms with Gasteiger partial charge in [0.25, 0.3) is 0 Å². The number of aryl methyl sites for hydroxylation is 1. The minimum absolute atomic E-state index is 0.117. The van der Waals surface area contributed by atoms with Gasteiger partial charge in [-0.1, -0.05) is 31.2 Å². The molecule has 3 heteroatoms. The van der Waals surface area contributed by atoms with Crippen LogP contribution in [0.25, 0.3) is 0 Å². The molecule has 15 heavy (non-hydrogen) atoms. The van der Waals surface area contributed by atoms with Gasteiger partial charge in [-0.2, -0.15) is 0 Å². The molecule has 0 saturated heterocycles. The lowest BCUT2D eigenvalue weighted by molar-refractivity contribution is -0.137. The van der Waals surface area contributed by atoms with E-state index >= 15 is 0 Å². The highest BCUT2D eigenvalue weighted by molar-refractivity contribution is 6.21. The van der Waals surface area contributed by atoms with E-state index in [0.717, 1.165) is 12.0 Å². The van der Waals surface area contributed by atoms with E-state index < -0.39 is 5.97 Å². The number of carboxylic acid groups (broad SMARTS) is 1. The maximum Gasteiger partial charge on any atom is 0.303 e. The molecule has 82 valence electrons. The summed E-state index contributed by atoms with van der Waals surface area (Å²) in [6.07, 6.45) is 1.52. The number of carboxylic acids is 1. The van der Waals surface area contributed by atoms with Crippen molar-refractivity contribution in [2.45, 2.75) is 31.6 Å². The lowest BCUT2D eigenvalue weighted by atomic mass is 10.00. The van der Waals surface area contributed by atoms with E-state index in [-0.39, 0.29) is 11.8 Å². The summed E-state index contributed by atoms with van der Waals surface area (Å²) >= 11 is 6.17. The van der Waals surface area contributed by atoms with Crippen molar-refractivity contribution in [3.8, 4) is 0 Å². The molecule has 1 rings (SSSR count). The van der Waals surface area contributed by atoms with Crippen LogP contribution in [0.4, 0.5) is 0 Å². The van der Waals surface area contributed by atoms with Crippen LogP contribution in [0.3, 0.4) is 0 Å². The van der Waals surface area contributed by atoms with E-state index in [0.29, 0.717) is 6.42 Å². The average molecular weight is 227 g/mol. The Hall–Kier alpha value is -1.02. The van der Waals surface area contributed by atoms with Crippen molar-refractivity contribution in [3.05, 3.63) is 35.4 Å². The molecule has 0 bridgehead atoms. The number of carbonyl (C=O) groups is 1. The summed E-state index contributed by atoms with van der Waals surface area (Å²) in [5.74, 6) is -0.797. The first kappa shape index (κ1) is 12.1. The molecule has 0 heterocycles. The van der Waals surface area contributed by atoms with Crippen LogP contribution in [0.5, 0.6) is 0 Å². The first-order valence-electron chi connectivity index (χ1n) is 5.08. The van der Waals surface area contributed by atoms with E-state index in [1.807, 2.05) is 24.3 Å². The van der Waals surface area contributed by atoms with E-state index in [1.54, 1.807) is 0 Å². The van der Waals surface area contributed by atoms with Crippen LogP contribution in [-0.4, -0.2) is 11.1 Å². The van der Waals surface area contributed by atoms with Crippen molar-refractivity contribution in [1.82, 2.24) is 0 Å². The molecule has 0 spiro atoms. The third-order valence-corrected chi connectivity index (χ3v) is 2.84. The Morgan fingerprint density at radius 2 is 2.13 bits per heavy atom. The molecule has 0 aliphatic rings.